The third-order valence-electron chi connectivity index (χ3n) is 5.83. The van der Waals surface area contributed by atoms with Crippen molar-refractivity contribution >= 4 is 52.1 Å². The Bertz CT molecular complexity index is 1560. The van der Waals surface area contributed by atoms with Crippen LogP contribution in [0.1, 0.15) is 38.2 Å². The number of hydrogen-bond donors (Lipinski definition) is 1. The number of benzene rings is 3. The highest BCUT2D eigenvalue weighted by molar-refractivity contribution is 6.08. The third-order valence-corrected chi connectivity index (χ3v) is 5.83. The summed E-state index contributed by atoms with van der Waals surface area (Å²) in [6.07, 6.45) is 11.8. The highest BCUT2D eigenvalue weighted by Gasteiger charge is 2.08. The van der Waals surface area contributed by atoms with Gasteiger partial charge in [0.15, 0.2) is 0 Å². The van der Waals surface area contributed by atoms with Crippen LogP contribution < -0.4 is 0 Å². The first kappa shape index (κ1) is 21.3. The highest BCUT2D eigenvalue weighted by Crippen LogP contribution is 2.28. The van der Waals surface area contributed by atoms with E-state index in [1.54, 1.807) is 30.5 Å². The number of pyridine rings is 2. The number of aromatic carboxylic acids is 1. The van der Waals surface area contributed by atoms with E-state index in [4.69, 9.17) is 5.11 Å². The predicted molar refractivity (Wildman–Crippen MR) is 139 cm³/mol. The van der Waals surface area contributed by atoms with E-state index >= 15 is 0 Å². The van der Waals surface area contributed by atoms with E-state index < -0.39 is 5.97 Å². The normalized spacial score (nSPS) is 11.7. The van der Waals surface area contributed by atoms with Crippen LogP contribution in [0.15, 0.2) is 85.2 Å². The standard InChI is InChI=1S/C30H22N2O2/c1-20-2-4-21(5-3-20)6-10-23-16-18-31-28-26(23)14-15-27-24(17-19-32-29(27)28)11-7-22-8-12-25(13-9-22)30(33)34/h2-19H,1H3,(H,33,34)/b10-6+,11-7+. The molecule has 0 aliphatic carbocycles. The summed E-state index contributed by atoms with van der Waals surface area (Å²) in [6, 6.07) is 23.4. The topological polar surface area (TPSA) is 63.1 Å². The Morgan fingerprint density at radius 3 is 1.59 bits per heavy atom. The molecule has 1 N–H and O–H groups in total. The molecule has 0 bridgehead atoms. The minimum atomic E-state index is -0.928. The van der Waals surface area contributed by atoms with Crippen molar-refractivity contribution in [3.63, 3.8) is 0 Å². The first-order valence-corrected chi connectivity index (χ1v) is 11.0. The molecule has 5 rings (SSSR count). The Morgan fingerprint density at radius 1 is 0.647 bits per heavy atom. The van der Waals surface area contributed by atoms with Crippen LogP contribution in [0.25, 0.3) is 46.1 Å². The van der Waals surface area contributed by atoms with Crippen LogP contribution in [0.4, 0.5) is 0 Å². The quantitative estimate of drug-likeness (QED) is 0.294. The number of carboxylic acids is 1. The van der Waals surface area contributed by atoms with Crippen LogP contribution in [0.2, 0.25) is 0 Å². The van der Waals surface area contributed by atoms with Crippen LogP contribution in [0.3, 0.4) is 0 Å². The molecule has 0 unspecified atom stereocenters. The van der Waals surface area contributed by atoms with E-state index in [1.807, 2.05) is 30.5 Å². The fraction of sp³-hybridized carbons (Fsp3) is 0.0333. The highest BCUT2D eigenvalue weighted by atomic mass is 16.4. The fourth-order valence-electron chi connectivity index (χ4n) is 3.95. The van der Waals surface area contributed by atoms with Crippen molar-refractivity contribution in [2.24, 2.45) is 0 Å². The molecule has 0 aliphatic heterocycles. The predicted octanol–water partition coefficient (Wildman–Crippen LogP) is 7.13. The molecular formula is C30H22N2O2. The summed E-state index contributed by atoms with van der Waals surface area (Å²) in [5, 5.41) is 11.1. The largest absolute Gasteiger partial charge is 0.478 e. The number of nitrogens with zero attached hydrogens (tertiary/aromatic N) is 2. The molecule has 34 heavy (non-hydrogen) atoms. The van der Waals surface area contributed by atoms with Crippen LogP contribution >= 0.6 is 0 Å². The zero-order chi connectivity index (χ0) is 23.5. The lowest BCUT2D eigenvalue weighted by Gasteiger charge is -2.07. The van der Waals surface area contributed by atoms with Gasteiger partial charge < -0.3 is 5.11 Å². The van der Waals surface area contributed by atoms with Gasteiger partial charge in [0.25, 0.3) is 0 Å². The maximum atomic E-state index is 11.1. The molecule has 2 heterocycles. The van der Waals surface area contributed by atoms with Gasteiger partial charge in [-0.15, -0.1) is 0 Å². The van der Waals surface area contributed by atoms with E-state index in [0.29, 0.717) is 0 Å². The number of aromatic nitrogens is 2. The van der Waals surface area contributed by atoms with Gasteiger partial charge in [0, 0.05) is 23.2 Å². The fourth-order valence-corrected chi connectivity index (χ4v) is 3.95. The number of rotatable bonds is 5. The summed E-state index contributed by atoms with van der Waals surface area (Å²) >= 11 is 0. The van der Waals surface area contributed by atoms with Crippen molar-refractivity contribution < 1.29 is 9.90 Å². The SMILES string of the molecule is Cc1ccc(/C=C/c2ccnc3c2ccc2c(/C=C/c4ccc(C(=O)O)cc4)ccnc23)cc1. The van der Waals surface area contributed by atoms with Crippen molar-refractivity contribution in [1.29, 1.82) is 0 Å². The van der Waals surface area contributed by atoms with Gasteiger partial charge in [-0.25, -0.2) is 4.79 Å². The van der Waals surface area contributed by atoms with Gasteiger partial charge in [-0.1, -0.05) is 78.4 Å². The van der Waals surface area contributed by atoms with Crippen molar-refractivity contribution in [3.05, 3.63) is 119 Å². The van der Waals surface area contributed by atoms with Gasteiger partial charge in [-0.2, -0.15) is 0 Å². The first-order valence-electron chi connectivity index (χ1n) is 11.0. The van der Waals surface area contributed by atoms with Crippen LogP contribution in [0, 0.1) is 6.92 Å². The van der Waals surface area contributed by atoms with Gasteiger partial charge in [-0.05, 0) is 53.4 Å². The van der Waals surface area contributed by atoms with Crippen molar-refractivity contribution in [3.8, 4) is 0 Å². The molecule has 0 fully saturated rings. The number of carboxylic acid groups (broad SMARTS) is 1. The lowest BCUT2D eigenvalue weighted by molar-refractivity contribution is 0.0697. The summed E-state index contributed by atoms with van der Waals surface area (Å²) in [5.74, 6) is -0.928. The molecule has 0 amide bonds. The van der Waals surface area contributed by atoms with Crippen LogP contribution in [-0.4, -0.2) is 21.0 Å². The second-order valence-corrected chi connectivity index (χ2v) is 8.16. The van der Waals surface area contributed by atoms with Crippen LogP contribution in [-0.2, 0) is 0 Å². The second-order valence-electron chi connectivity index (χ2n) is 8.16. The number of fused-ring (bicyclic) bond motifs is 3. The van der Waals surface area contributed by atoms with E-state index in [-0.39, 0.29) is 5.56 Å². The molecule has 164 valence electrons. The molecule has 4 nitrogen and oxygen atoms in total. The molecule has 5 aromatic rings. The average molecular weight is 443 g/mol. The summed E-state index contributed by atoms with van der Waals surface area (Å²) in [7, 11) is 0. The van der Waals surface area contributed by atoms with Gasteiger partial charge in [0.1, 0.15) is 0 Å². The van der Waals surface area contributed by atoms with E-state index in [0.717, 1.165) is 44.1 Å². The summed E-state index contributed by atoms with van der Waals surface area (Å²) < 4.78 is 0. The zero-order valence-corrected chi connectivity index (χ0v) is 18.6. The average Bonchev–Trinajstić information content (AvgIpc) is 2.87. The summed E-state index contributed by atoms with van der Waals surface area (Å²) in [5.41, 5.74) is 7.43. The Hall–Kier alpha value is -4.57. The zero-order valence-electron chi connectivity index (χ0n) is 18.6. The van der Waals surface area contributed by atoms with E-state index in [1.165, 1.54) is 5.56 Å². The molecule has 0 saturated carbocycles. The lowest BCUT2D eigenvalue weighted by Crippen LogP contribution is -1.94. The molecule has 0 spiro atoms. The molecule has 2 aromatic heterocycles. The maximum absolute atomic E-state index is 11.1. The van der Waals surface area contributed by atoms with E-state index in [9.17, 15) is 4.79 Å². The van der Waals surface area contributed by atoms with Crippen molar-refractivity contribution in [2.75, 3.05) is 0 Å². The van der Waals surface area contributed by atoms with Crippen molar-refractivity contribution in [2.45, 2.75) is 6.92 Å². The summed E-state index contributed by atoms with van der Waals surface area (Å²) in [4.78, 5) is 20.3. The lowest BCUT2D eigenvalue weighted by atomic mass is 10.0. The number of carbonyl (C=O) groups is 1. The minimum absolute atomic E-state index is 0.274. The molecule has 0 atom stereocenters. The maximum Gasteiger partial charge on any atom is 0.335 e. The van der Waals surface area contributed by atoms with Gasteiger partial charge >= 0.3 is 5.97 Å². The molecule has 0 saturated heterocycles. The van der Waals surface area contributed by atoms with Gasteiger partial charge in [0.2, 0.25) is 0 Å². The van der Waals surface area contributed by atoms with Gasteiger partial charge in [0.05, 0.1) is 16.6 Å². The molecule has 4 heteroatoms. The third kappa shape index (κ3) is 4.34. The molecule has 3 aromatic carbocycles. The first-order chi connectivity index (χ1) is 16.6. The van der Waals surface area contributed by atoms with Crippen molar-refractivity contribution in [1.82, 2.24) is 9.97 Å². The van der Waals surface area contributed by atoms with Crippen LogP contribution in [0.5, 0.6) is 0 Å². The van der Waals surface area contributed by atoms with Gasteiger partial charge in [-0.3, -0.25) is 9.97 Å². The number of aryl methyl sites for hydroxylation is 1. The Labute approximate surface area is 197 Å². The Morgan fingerprint density at radius 2 is 1.12 bits per heavy atom. The second kappa shape index (κ2) is 9.12. The molecule has 0 aliphatic rings. The molecular weight excluding hydrogens is 420 g/mol. The Balaban J connectivity index is 1.51. The Kier molecular flexibility index (Phi) is 5.71. The number of hydrogen-bond acceptors (Lipinski definition) is 3. The minimum Gasteiger partial charge on any atom is -0.478 e. The summed E-state index contributed by atoms with van der Waals surface area (Å²) in [6.45, 7) is 2.08. The monoisotopic (exact) mass is 442 g/mol. The molecule has 0 radical (unpaired) electrons. The van der Waals surface area contributed by atoms with E-state index in [2.05, 4.69) is 65.4 Å². The smallest absolute Gasteiger partial charge is 0.335 e.